The third kappa shape index (κ3) is 3.81. The van der Waals surface area contributed by atoms with Crippen molar-refractivity contribution >= 4 is 53.4 Å². The van der Waals surface area contributed by atoms with Gasteiger partial charge in [-0.25, -0.2) is 12.8 Å². The van der Waals surface area contributed by atoms with Gasteiger partial charge in [0.1, 0.15) is 11.9 Å². The molecule has 0 bridgehead atoms. The molecule has 1 fully saturated rings. The van der Waals surface area contributed by atoms with Gasteiger partial charge in [0.15, 0.2) is 4.80 Å². The first-order valence-electron chi connectivity index (χ1n) is 8.88. The molecule has 0 spiro atoms. The van der Waals surface area contributed by atoms with E-state index in [0.29, 0.717) is 17.6 Å². The van der Waals surface area contributed by atoms with Gasteiger partial charge in [0.25, 0.3) is 5.91 Å². The van der Waals surface area contributed by atoms with Crippen molar-refractivity contribution < 1.29 is 17.6 Å². The van der Waals surface area contributed by atoms with E-state index in [2.05, 4.69) is 20.9 Å². The molecule has 0 saturated carbocycles. The Balaban J connectivity index is 1.69. The van der Waals surface area contributed by atoms with E-state index in [9.17, 15) is 17.6 Å². The number of nitrogens with zero attached hydrogens (tertiary/aromatic N) is 3. The summed E-state index contributed by atoms with van der Waals surface area (Å²) in [5, 5.41) is 0. The number of hydrogen-bond donors (Lipinski definition) is 0. The number of carbonyl (C=O) groups is 1. The lowest BCUT2D eigenvalue weighted by Gasteiger charge is -2.21. The average molecular weight is 498 g/mol. The Kier molecular flexibility index (Phi) is 5.45. The summed E-state index contributed by atoms with van der Waals surface area (Å²) < 4.78 is 44.0. The van der Waals surface area contributed by atoms with Gasteiger partial charge in [0.05, 0.1) is 15.1 Å². The molecule has 152 valence electrons. The summed E-state index contributed by atoms with van der Waals surface area (Å²) in [6.45, 7) is 0.233. The first-order valence-corrected chi connectivity index (χ1v) is 11.9. The molecule has 6 nitrogen and oxygen atoms in total. The van der Waals surface area contributed by atoms with E-state index < -0.39 is 27.8 Å². The van der Waals surface area contributed by atoms with Crippen LogP contribution >= 0.6 is 27.3 Å². The number of carbonyl (C=O) groups excluding carboxylic acids is 1. The first kappa shape index (κ1) is 20.4. The molecule has 2 heterocycles. The number of rotatable bonds is 3. The standard InChI is InChI=1S/C19H17BrFN3O3S2/c1-23-15-9-4-12(20)11-17(15)28-19(23)22-18(25)16-3-2-10-24(16)29(26,27)14-7-5-13(21)6-8-14/h4-9,11,16H,2-3,10H2,1H3. The first-order chi connectivity index (χ1) is 13.8. The molecule has 0 N–H and O–H groups in total. The lowest BCUT2D eigenvalue weighted by molar-refractivity contribution is -0.121. The van der Waals surface area contributed by atoms with Crippen molar-refractivity contribution in [1.29, 1.82) is 0 Å². The van der Waals surface area contributed by atoms with Gasteiger partial charge in [-0.05, 0) is 55.3 Å². The zero-order chi connectivity index (χ0) is 20.8. The van der Waals surface area contributed by atoms with Crippen molar-refractivity contribution in [2.75, 3.05) is 6.54 Å². The zero-order valence-corrected chi connectivity index (χ0v) is 18.6. The lowest BCUT2D eigenvalue weighted by atomic mass is 10.2. The summed E-state index contributed by atoms with van der Waals surface area (Å²) in [6.07, 6.45) is 0.973. The molecule has 29 heavy (non-hydrogen) atoms. The van der Waals surface area contributed by atoms with Crippen LogP contribution in [0.3, 0.4) is 0 Å². The Morgan fingerprint density at radius 1 is 1.24 bits per heavy atom. The predicted octanol–water partition coefficient (Wildman–Crippen LogP) is 3.42. The smallest absolute Gasteiger partial charge is 0.266 e. The van der Waals surface area contributed by atoms with Crippen molar-refractivity contribution in [3.8, 4) is 0 Å². The number of aromatic nitrogens is 1. The van der Waals surface area contributed by atoms with E-state index in [0.717, 1.165) is 26.8 Å². The molecule has 0 radical (unpaired) electrons. The van der Waals surface area contributed by atoms with Crippen LogP contribution < -0.4 is 4.80 Å². The van der Waals surface area contributed by atoms with Gasteiger partial charge in [-0.1, -0.05) is 27.3 Å². The normalized spacial score (nSPS) is 18.6. The van der Waals surface area contributed by atoms with Crippen molar-refractivity contribution in [3.63, 3.8) is 0 Å². The molecular formula is C19H17BrFN3O3S2. The minimum Gasteiger partial charge on any atom is -0.319 e. The molecule has 3 aromatic rings. The second-order valence-corrected chi connectivity index (χ2v) is 10.5. The maximum Gasteiger partial charge on any atom is 0.266 e. The molecule has 1 unspecified atom stereocenters. The molecular weight excluding hydrogens is 481 g/mol. The average Bonchev–Trinajstić information content (AvgIpc) is 3.28. The Morgan fingerprint density at radius 3 is 2.69 bits per heavy atom. The molecule has 1 aliphatic rings. The van der Waals surface area contributed by atoms with Crippen LogP contribution in [0, 0.1) is 5.82 Å². The fraction of sp³-hybridized carbons (Fsp3) is 0.263. The molecule has 1 atom stereocenters. The summed E-state index contributed by atoms with van der Waals surface area (Å²) >= 11 is 4.80. The van der Waals surface area contributed by atoms with Gasteiger partial charge >= 0.3 is 0 Å². The lowest BCUT2D eigenvalue weighted by Crippen LogP contribution is -2.40. The predicted molar refractivity (Wildman–Crippen MR) is 112 cm³/mol. The second-order valence-electron chi connectivity index (χ2n) is 6.73. The Hall–Kier alpha value is -1.88. The van der Waals surface area contributed by atoms with Crippen LogP contribution in [-0.2, 0) is 21.9 Å². The van der Waals surface area contributed by atoms with E-state index in [-0.39, 0.29) is 11.4 Å². The summed E-state index contributed by atoms with van der Waals surface area (Å²) in [4.78, 5) is 17.6. The summed E-state index contributed by atoms with van der Waals surface area (Å²) in [5.41, 5.74) is 0.937. The quantitative estimate of drug-likeness (QED) is 0.556. The molecule has 10 heteroatoms. The van der Waals surface area contributed by atoms with Gasteiger partial charge < -0.3 is 4.57 Å². The third-order valence-electron chi connectivity index (χ3n) is 4.89. The highest BCUT2D eigenvalue weighted by molar-refractivity contribution is 9.10. The van der Waals surface area contributed by atoms with Crippen LogP contribution in [0.4, 0.5) is 4.39 Å². The molecule has 1 aromatic heterocycles. The maximum atomic E-state index is 13.2. The van der Waals surface area contributed by atoms with Gasteiger partial charge in [-0.2, -0.15) is 9.30 Å². The fourth-order valence-electron chi connectivity index (χ4n) is 3.40. The minimum absolute atomic E-state index is 0.0316. The molecule has 4 rings (SSSR count). The van der Waals surface area contributed by atoms with Crippen LogP contribution in [0.25, 0.3) is 10.2 Å². The van der Waals surface area contributed by atoms with E-state index in [1.54, 1.807) is 0 Å². The number of thiazole rings is 1. The summed E-state index contributed by atoms with van der Waals surface area (Å²) in [7, 11) is -2.09. The largest absolute Gasteiger partial charge is 0.319 e. The number of aryl methyl sites for hydroxylation is 1. The fourth-order valence-corrected chi connectivity index (χ4v) is 6.63. The van der Waals surface area contributed by atoms with Crippen molar-refractivity contribution in [3.05, 3.63) is 57.6 Å². The van der Waals surface area contributed by atoms with Crippen LogP contribution in [0.1, 0.15) is 12.8 Å². The minimum atomic E-state index is -3.91. The molecule has 2 aromatic carbocycles. The Morgan fingerprint density at radius 2 is 1.97 bits per heavy atom. The van der Waals surface area contributed by atoms with Crippen molar-refractivity contribution in [2.24, 2.45) is 12.0 Å². The summed E-state index contributed by atoms with van der Waals surface area (Å²) in [5.74, 6) is -1.01. The van der Waals surface area contributed by atoms with E-state index in [4.69, 9.17) is 0 Å². The van der Waals surface area contributed by atoms with E-state index in [1.165, 1.54) is 27.8 Å². The van der Waals surface area contributed by atoms with E-state index >= 15 is 0 Å². The number of hydrogen-bond acceptors (Lipinski definition) is 4. The van der Waals surface area contributed by atoms with Gasteiger partial charge in [0, 0.05) is 18.1 Å². The van der Waals surface area contributed by atoms with Gasteiger partial charge in [0.2, 0.25) is 10.0 Å². The van der Waals surface area contributed by atoms with Crippen molar-refractivity contribution in [1.82, 2.24) is 8.87 Å². The van der Waals surface area contributed by atoms with Crippen LogP contribution in [0.15, 0.2) is 56.8 Å². The topological polar surface area (TPSA) is 71.7 Å². The monoisotopic (exact) mass is 497 g/mol. The van der Waals surface area contributed by atoms with Crippen LogP contribution in [0.5, 0.6) is 0 Å². The van der Waals surface area contributed by atoms with Gasteiger partial charge in [-0.15, -0.1) is 0 Å². The molecule has 1 saturated heterocycles. The summed E-state index contributed by atoms with van der Waals surface area (Å²) in [6, 6.07) is 9.55. The van der Waals surface area contributed by atoms with E-state index in [1.807, 2.05) is 29.8 Å². The highest BCUT2D eigenvalue weighted by Gasteiger charge is 2.39. The molecule has 1 amide bonds. The number of halogens is 2. The number of fused-ring (bicyclic) bond motifs is 1. The third-order valence-corrected chi connectivity index (χ3v) is 8.40. The Bertz CT molecular complexity index is 1270. The van der Waals surface area contributed by atoms with Crippen LogP contribution in [-0.4, -0.2) is 35.8 Å². The van der Waals surface area contributed by atoms with Crippen LogP contribution in [0.2, 0.25) is 0 Å². The number of amides is 1. The van der Waals surface area contributed by atoms with Gasteiger partial charge in [-0.3, -0.25) is 4.79 Å². The Labute approximate surface area is 179 Å². The van der Waals surface area contributed by atoms with Crippen molar-refractivity contribution in [2.45, 2.75) is 23.8 Å². The number of sulfonamides is 1. The molecule has 1 aliphatic heterocycles. The maximum absolute atomic E-state index is 13.2. The zero-order valence-electron chi connectivity index (χ0n) is 15.4. The molecule has 0 aliphatic carbocycles. The highest BCUT2D eigenvalue weighted by Crippen LogP contribution is 2.27. The highest BCUT2D eigenvalue weighted by atomic mass is 79.9. The number of benzene rings is 2. The SMILES string of the molecule is Cn1c(=NC(=O)C2CCCN2S(=O)(=O)c2ccc(F)cc2)sc2cc(Br)ccc21. The second kappa shape index (κ2) is 7.75.